The average molecular weight is 302 g/mol. The van der Waals surface area contributed by atoms with Gasteiger partial charge in [-0.2, -0.15) is 0 Å². The molecule has 0 unspecified atom stereocenters. The molecule has 0 aliphatic rings. The van der Waals surface area contributed by atoms with Crippen molar-refractivity contribution >= 4 is 17.4 Å². The van der Waals surface area contributed by atoms with E-state index in [1.807, 2.05) is 0 Å². The van der Waals surface area contributed by atoms with Crippen LogP contribution in [0.3, 0.4) is 0 Å². The van der Waals surface area contributed by atoms with E-state index in [0.29, 0.717) is 30.4 Å². The quantitative estimate of drug-likeness (QED) is 0.759. The fraction of sp³-hybridized carbons (Fsp3) is 0.267. The molecule has 2 aromatic rings. The highest BCUT2D eigenvalue weighted by atomic mass is 16.5. The number of ether oxygens (including phenoxy) is 2. The van der Waals surface area contributed by atoms with Gasteiger partial charge >= 0.3 is 0 Å². The van der Waals surface area contributed by atoms with Gasteiger partial charge in [-0.05, 0) is 12.1 Å². The lowest BCUT2D eigenvalue weighted by atomic mass is 10.3. The first-order valence-electron chi connectivity index (χ1n) is 6.73. The summed E-state index contributed by atoms with van der Waals surface area (Å²) in [6, 6.07) is 7.10. The van der Waals surface area contributed by atoms with Crippen molar-refractivity contribution in [1.29, 1.82) is 0 Å². The number of nitrogens with zero attached hydrogens (tertiary/aromatic N) is 2. The van der Waals surface area contributed by atoms with Gasteiger partial charge < -0.3 is 20.1 Å². The first-order chi connectivity index (χ1) is 10.7. The summed E-state index contributed by atoms with van der Waals surface area (Å²) in [6.45, 7) is 1.19. The zero-order valence-corrected chi connectivity index (χ0v) is 12.5. The van der Waals surface area contributed by atoms with Crippen LogP contribution < -0.4 is 15.4 Å². The minimum Gasteiger partial charge on any atom is -0.497 e. The molecule has 0 bridgehead atoms. The molecule has 7 heteroatoms. The molecule has 1 heterocycles. The molecule has 2 rings (SSSR count). The van der Waals surface area contributed by atoms with Gasteiger partial charge in [-0.3, -0.25) is 4.79 Å². The van der Waals surface area contributed by atoms with Crippen LogP contribution in [0.1, 0.15) is 10.5 Å². The number of aromatic nitrogens is 2. The van der Waals surface area contributed by atoms with Crippen LogP contribution in [0, 0.1) is 0 Å². The summed E-state index contributed by atoms with van der Waals surface area (Å²) in [5.41, 5.74) is 0.869. The second kappa shape index (κ2) is 7.94. The van der Waals surface area contributed by atoms with Gasteiger partial charge in [0, 0.05) is 25.4 Å². The summed E-state index contributed by atoms with van der Waals surface area (Å²) >= 11 is 0. The fourth-order valence-electron chi connectivity index (χ4n) is 1.71. The number of anilines is 2. The van der Waals surface area contributed by atoms with Crippen LogP contribution >= 0.6 is 0 Å². The standard InChI is InChI=1S/C15H18N4O3/c1-21-7-6-16-14-10-17-13(9-18-14)15(20)19-11-4-3-5-12(8-11)22-2/h3-5,8-10H,6-7H2,1-2H3,(H,16,18)(H,19,20). The predicted molar refractivity (Wildman–Crippen MR) is 83.3 cm³/mol. The fourth-order valence-corrected chi connectivity index (χ4v) is 1.71. The lowest BCUT2D eigenvalue weighted by Gasteiger charge is -2.07. The normalized spacial score (nSPS) is 10.1. The van der Waals surface area contributed by atoms with Gasteiger partial charge in [0.25, 0.3) is 5.91 Å². The summed E-state index contributed by atoms with van der Waals surface area (Å²) in [4.78, 5) is 20.3. The number of amides is 1. The Morgan fingerprint density at radius 2 is 2.09 bits per heavy atom. The molecule has 1 aromatic carbocycles. The molecule has 0 aliphatic carbocycles. The monoisotopic (exact) mass is 302 g/mol. The summed E-state index contributed by atoms with van der Waals surface area (Å²) in [6.07, 6.45) is 2.93. The van der Waals surface area contributed by atoms with E-state index >= 15 is 0 Å². The van der Waals surface area contributed by atoms with Crippen molar-refractivity contribution in [2.75, 3.05) is 38.0 Å². The topological polar surface area (TPSA) is 85.4 Å². The first kappa shape index (κ1) is 15.7. The highest BCUT2D eigenvalue weighted by Crippen LogP contribution is 2.17. The Morgan fingerprint density at radius 1 is 1.23 bits per heavy atom. The maximum Gasteiger partial charge on any atom is 0.275 e. The molecule has 0 aliphatic heterocycles. The third-order valence-corrected chi connectivity index (χ3v) is 2.82. The second-order valence-electron chi connectivity index (χ2n) is 4.39. The molecule has 0 atom stereocenters. The van der Waals surface area contributed by atoms with E-state index in [0.717, 1.165) is 0 Å². The number of benzene rings is 1. The van der Waals surface area contributed by atoms with Gasteiger partial charge in [0.15, 0.2) is 0 Å². The lowest BCUT2D eigenvalue weighted by molar-refractivity contribution is 0.102. The molecular formula is C15H18N4O3. The minimum atomic E-state index is -0.329. The first-order valence-corrected chi connectivity index (χ1v) is 6.73. The van der Waals surface area contributed by atoms with Gasteiger partial charge in [-0.1, -0.05) is 6.07 Å². The maximum absolute atomic E-state index is 12.1. The van der Waals surface area contributed by atoms with Crippen molar-refractivity contribution in [3.8, 4) is 5.75 Å². The SMILES string of the molecule is COCCNc1cnc(C(=O)Nc2cccc(OC)c2)cn1. The van der Waals surface area contributed by atoms with Crippen LogP contribution in [0.25, 0.3) is 0 Å². The Morgan fingerprint density at radius 3 is 2.77 bits per heavy atom. The Hall–Kier alpha value is -2.67. The van der Waals surface area contributed by atoms with Crippen molar-refractivity contribution in [2.45, 2.75) is 0 Å². The van der Waals surface area contributed by atoms with E-state index in [2.05, 4.69) is 20.6 Å². The molecule has 0 radical (unpaired) electrons. The summed E-state index contributed by atoms with van der Waals surface area (Å²) in [5, 5.41) is 5.77. The largest absolute Gasteiger partial charge is 0.497 e. The van der Waals surface area contributed by atoms with Gasteiger partial charge in [-0.15, -0.1) is 0 Å². The van der Waals surface area contributed by atoms with E-state index in [1.54, 1.807) is 38.5 Å². The third kappa shape index (κ3) is 4.42. The van der Waals surface area contributed by atoms with Crippen molar-refractivity contribution in [3.05, 3.63) is 42.4 Å². The third-order valence-electron chi connectivity index (χ3n) is 2.82. The smallest absolute Gasteiger partial charge is 0.275 e. The molecule has 22 heavy (non-hydrogen) atoms. The van der Waals surface area contributed by atoms with Crippen LogP contribution in [-0.2, 0) is 4.74 Å². The van der Waals surface area contributed by atoms with E-state index in [-0.39, 0.29) is 11.6 Å². The maximum atomic E-state index is 12.1. The highest BCUT2D eigenvalue weighted by Gasteiger charge is 2.09. The average Bonchev–Trinajstić information content (AvgIpc) is 2.56. The summed E-state index contributed by atoms with van der Waals surface area (Å²) < 4.78 is 10.0. The Bertz CT molecular complexity index is 616. The molecule has 116 valence electrons. The molecule has 0 saturated carbocycles. The van der Waals surface area contributed by atoms with Crippen LogP contribution in [0.5, 0.6) is 5.75 Å². The van der Waals surface area contributed by atoms with Gasteiger partial charge in [0.05, 0.1) is 26.1 Å². The van der Waals surface area contributed by atoms with E-state index < -0.39 is 0 Å². The molecule has 2 N–H and O–H groups in total. The lowest BCUT2D eigenvalue weighted by Crippen LogP contribution is -2.15. The summed E-state index contributed by atoms with van der Waals surface area (Å²) in [5.74, 6) is 0.931. The van der Waals surface area contributed by atoms with Crippen molar-refractivity contribution < 1.29 is 14.3 Å². The van der Waals surface area contributed by atoms with E-state index in [4.69, 9.17) is 9.47 Å². The van der Waals surface area contributed by atoms with Crippen LogP contribution in [0.2, 0.25) is 0 Å². The predicted octanol–water partition coefficient (Wildman–Crippen LogP) is 1.80. The summed E-state index contributed by atoms with van der Waals surface area (Å²) in [7, 11) is 3.20. The molecule has 0 fully saturated rings. The minimum absolute atomic E-state index is 0.236. The molecule has 7 nitrogen and oxygen atoms in total. The van der Waals surface area contributed by atoms with Crippen molar-refractivity contribution in [2.24, 2.45) is 0 Å². The van der Waals surface area contributed by atoms with Gasteiger partial charge in [-0.25, -0.2) is 9.97 Å². The molecule has 1 amide bonds. The number of nitrogens with one attached hydrogen (secondary N) is 2. The van der Waals surface area contributed by atoms with Crippen LogP contribution in [0.4, 0.5) is 11.5 Å². The van der Waals surface area contributed by atoms with Crippen LogP contribution in [-0.4, -0.2) is 43.2 Å². The van der Waals surface area contributed by atoms with Gasteiger partial charge in [0.1, 0.15) is 17.3 Å². The Balaban J connectivity index is 1.97. The van der Waals surface area contributed by atoms with Crippen molar-refractivity contribution in [3.63, 3.8) is 0 Å². The Labute approximate surface area is 128 Å². The zero-order valence-electron chi connectivity index (χ0n) is 12.5. The molecule has 1 aromatic heterocycles. The molecule has 0 spiro atoms. The van der Waals surface area contributed by atoms with Crippen LogP contribution in [0.15, 0.2) is 36.7 Å². The second-order valence-corrected chi connectivity index (χ2v) is 4.39. The number of carbonyl (C=O) groups excluding carboxylic acids is 1. The van der Waals surface area contributed by atoms with E-state index in [9.17, 15) is 4.79 Å². The number of carbonyl (C=O) groups is 1. The highest BCUT2D eigenvalue weighted by molar-refractivity contribution is 6.02. The number of methoxy groups -OCH3 is 2. The zero-order chi connectivity index (χ0) is 15.8. The molecular weight excluding hydrogens is 284 g/mol. The van der Waals surface area contributed by atoms with Gasteiger partial charge in [0.2, 0.25) is 0 Å². The molecule has 0 saturated heterocycles. The number of hydrogen-bond acceptors (Lipinski definition) is 6. The Kier molecular flexibility index (Phi) is 5.67. The van der Waals surface area contributed by atoms with Crippen molar-refractivity contribution in [1.82, 2.24) is 9.97 Å². The number of hydrogen-bond donors (Lipinski definition) is 2. The van der Waals surface area contributed by atoms with E-state index in [1.165, 1.54) is 12.4 Å². The number of rotatable bonds is 7.